The molecule has 0 aliphatic carbocycles. The first-order chi connectivity index (χ1) is 4.50. The summed E-state index contributed by atoms with van der Waals surface area (Å²) in [5.74, 6) is 0. The van der Waals surface area contributed by atoms with Gasteiger partial charge in [0.2, 0.25) is 7.37 Å². The van der Waals surface area contributed by atoms with Crippen molar-refractivity contribution in [2.24, 2.45) is 11.5 Å². The second kappa shape index (κ2) is 2.56. The van der Waals surface area contributed by atoms with E-state index in [2.05, 4.69) is 0 Å². The van der Waals surface area contributed by atoms with E-state index in [0.717, 1.165) is 0 Å². The maximum atomic E-state index is 11.6. The monoisotopic (exact) mass is 180 g/mol. The summed E-state index contributed by atoms with van der Waals surface area (Å²) in [5.41, 5.74) is 11.0. The van der Waals surface area contributed by atoms with Gasteiger partial charge in [0.25, 0.3) is 0 Å². The van der Waals surface area contributed by atoms with Gasteiger partial charge in [-0.2, -0.15) is 0 Å². The lowest BCUT2D eigenvalue weighted by molar-refractivity contribution is 0.403. The van der Waals surface area contributed by atoms with Gasteiger partial charge in [0, 0.05) is 0 Å². The number of nitrogens with two attached hydrogens (primary N) is 2. The minimum atomic E-state index is -3.50. The summed E-state index contributed by atoms with van der Waals surface area (Å²) in [5, 5.41) is -2.27. The Balaban J connectivity index is 4.92. The molecular formula is C6H17N2O2P. The molecule has 0 fully saturated rings. The van der Waals surface area contributed by atoms with E-state index < -0.39 is 17.9 Å². The Kier molecular flexibility index (Phi) is 2.58. The molecule has 0 heterocycles. The van der Waals surface area contributed by atoms with Gasteiger partial charge in [0.15, 0.2) is 0 Å². The highest BCUT2D eigenvalue weighted by molar-refractivity contribution is 7.61. The molecule has 0 atom stereocenters. The van der Waals surface area contributed by atoms with Crippen molar-refractivity contribution < 1.29 is 9.46 Å². The van der Waals surface area contributed by atoms with Crippen LogP contribution in [0.25, 0.3) is 0 Å². The predicted octanol–water partition coefficient (Wildman–Crippen LogP) is 0.646. The Morgan fingerprint density at radius 3 is 1.27 bits per heavy atom. The van der Waals surface area contributed by atoms with Crippen molar-refractivity contribution in [2.75, 3.05) is 0 Å². The smallest absolute Gasteiger partial charge is 0.237 e. The van der Waals surface area contributed by atoms with Crippen LogP contribution in [0.4, 0.5) is 0 Å². The van der Waals surface area contributed by atoms with Crippen LogP contribution >= 0.6 is 7.37 Å². The average Bonchev–Trinajstić information content (AvgIpc) is 1.58. The first-order valence-corrected chi connectivity index (χ1v) is 5.07. The summed E-state index contributed by atoms with van der Waals surface area (Å²) >= 11 is 0. The van der Waals surface area contributed by atoms with E-state index >= 15 is 0 Å². The first kappa shape index (κ1) is 11.1. The highest BCUT2D eigenvalue weighted by Crippen LogP contribution is 2.58. The highest BCUT2D eigenvalue weighted by Gasteiger charge is 2.46. The van der Waals surface area contributed by atoms with Crippen molar-refractivity contribution in [3.63, 3.8) is 0 Å². The molecule has 0 unspecified atom stereocenters. The van der Waals surface area contributed by atoms with Crippen molar-refractivity contribution >= 4 is 7.37 Å². The van der Waals surface area contributed by atoms with Gasteiger partial charge >= 0.3 is 0 Å². The van der Waals surface area contributed by atoms with Gasteiger partial charge in [-0.15, -0.1) is 0 Å². The van der Waals surface area contributed by atoms with Crippen molar-refractivity contribution in [3.8, 4) is 0 Å². The number of hydrogen-bond acceptors (Lipinski definition) is 3. The Labute approximate surface area is 67.4 Å². The van der Waals surface area contributed by atoms with Gasteiger partial charge in [-0.1, -0.05) is 0 Å². The molecule has 0 spiro atoms. The number of rotatable bonds is 2. The fourth-order valence-electron chi connectivity index (χ4n) is 0.743. The van der Waals surface area contributed by atoms with Crippen LogP contribution in [0.1, 0.15) is 27.7 Å². The Hall–Kier alpha value is 0.110. The van der Waals surface area contributed by atoms with Crippen LogP contribution in [0.2, 0.25) is 0 Å². The zero-order valence-corrected chi connectivity index (χ0v) is 8.35. The number of hydrogen-bond donors (Lipinski definition) is 3. The zero-order chi connectivity index (χ0) is 9.50. The van der Waals surface area contributed by atoms with E-state index in [4.69, 9.17) is 11.5 Å². The third kappa shape index (κ3) is 2.03. The second-order valence-corrected chi connectivity index (χ2v) is 7.34. The standard InChI is InChI=1S/C6H17N2O2P/c1-5(2,7)11(9,10)6(3,4)8/h7-8H2,1-4H3,(H,9,10). The molecule has 0 rings (SSSR count). The van der Waals surface area contributed by atoms with Gasteiger partial charge in [-0.25, -0.2) is 0 Å². The summed E-state index contributed by atoms with van der Waals surface area (Å²) in [7, 11) is -3.50. The van der Waals surface area contributed by atoms with Gasteiger partial charge in [-0.05, 0) is 27.7 Å². The van der Waals surface area contributed by atoms with E-state index in [9.17, 15) is 9.46 Å². The van der Waals surface area contributed by atoms with E-state index in [1.807, 2.05) is 0 Å². The molecule has 5 N–H and O–H groups in total. The molecular weight excluding hydrogens is 163 g/mol. The third-order valence-corrected chi connectivity index (χ3v) is 4.69. The van der Waals surface area contributed by atoms with Crippen LogP contribution in [0, 0.1) is 0 Å². The minimum Gasteiger partial charge on any atom is -0.342 e. The minimum absolute atomic E-state index is 1.13. The Morgan fingerprint density at radius 1 is 1.09 bits per heavy atom. The molecule has 0 aromatic rings. The van der Waals surface area contributed by atoms with Crippen molar-refractivity contribution in [1.29, 1.82) is 0 Å². The quantitative estimate of drug-likeness (QED) is 0.544. The van der Waals surface area contributed by atoms with E-state index in [1.165, 1.54) is 27.7 Å². The van der Waals surface area contributed by atoms with Gasteiger partial charge in [0.1, 0.15) is 0 Å². The van der Waals surface area contributed by atoms with Gasteiger partial charge < -0.3 is 16.4 Å². The summed E-state index contributed by atoms with van der Waals surface area (Å²) < 4.78 is 11.6. The van der Waals surface area contributed by atoms with E-state index in [-0.39, 0.29) is 0 Å². The van der Waals surface area contributed by atoms with Gasteiger partial charge in [0.05, 0.1) is 10.6 Å². The molecule has 5 heteroatoms. The molecule has 0 amide bonds. The van der Waals surface area contributed by atoms with Gasteiger partial charge in [-0.3, -0.25) is 4.57 Å². The lowest BCUT2D eigenvalue weighted by atomic mass is 10.4. The second-order valence-electron chi connectivity index (χ2n) is 3.88. The van der Waals surface area contributed by atoms with Crippen LogP contribution in [0.15, 0.2) is 0 Å². The molecule has 0 radical (unpaired) electrons. The third-order valence-electron chi connectivity index (χ3n) is 1.56. The molecule has 0 aromatic heterocycles. The van der Waals surface area contributed by atoms with Crippen molar-refractivity contribution in [3.05, 3.63) is 0 Å². The molecule has 68 valence electrons. The lowest BCUT2D eigenvalue weighted by Gasteiger charge is -2.35. The summed E-state index contributed by atoms with van der Waals surface area (Å²) in [6, 6.07) is 0. The highest BCUT2D eigenvalue weighted by atomic mass is 31.2. The Bertz CT molecular complexity index is 172. The first-order valence-electron chi connectivity index (χ1n) is 3.41. The molecule has 0 aliphatic heterocycles. The van der Waals surface area contributed by atoms with Crippen LogP contribution in [-0.4, -0.2) is 15.5 Å². The van der Waals surface area contributed by atoms with E-state index in [0.29, 0.717) is 0 Å². The fourth-order valence-corrected chi connectivity index (χ4v) is 2.23. The summed E-state index contributed by atoms with van der Waals surface area (Å²) in [6.45, 7) is 6.01. The van der Waals surface area contributed by atoms with E-state index in [1.54, 1.807) is 0 Å². The van der Waals surface area contributed by atoms with Crippen molar-refractivity contribution in [1.82, 2.24) is 0 Å². The maximum Gasteiger partial charge on any atom is 0.237 e. The van der Waals surface area contributed by atoms with Crippen LogP contribution in [-0.2, 0) is 4.57 Å². The summed E-state index contributed by atoms with van der Waals surface area (Å²) in [6.07, 6.45) is 0. The molecule has 11 heavy (non-hydrogen) atoms. The molecule has 0 saturated carbocycles. The average molecular weight is 180 g/mol. The molecule has 0 saturated heterocycles. The normalized spacial score (nSPS) is 15.2. The van der Waals surface area contributed by atoms with Crippen LogP contribution in [0.5, 0.6) is 0 Å². The Morgan fingerprint density at radius 2 is 1.27 bits per heavy atom. The summed E-state index contributed by atoms with van der Waals surface area (Å²) in [4.78, 5) is 9.49. The fraction of sp³-hybridized carbons (Fsp3) is 1.00. The zero-order valence-electron chi connectivity index (χ0n) is 7.46. The molecule has 0 bridgehead atoms. The maximum absolute atomic E-state index is 11.6. The SMILES string of the molecule is CC(C)(N)P(=O)(O)C(C)(C)N. The topological polar surface area (TPSA) is 89.3 Å². The predicted molar refractivity (Wildman–Crippen MR) is 46.4 cm³/mol. The molecule has 0 aliphatic rings. The van der Waals surface area contributed by atoms with Crippen LogP contribution < -0.4 is 11.5 Å². The van der Waals surface area contributed by atoms with Crippen LogP contribution in [0.3, 0.4) is 0 Å². The molecule has 4 nitrogen and oxygen atoms in total. The largest absolute Gasteiger partial charge is 0.342 e. The lowest BCUT2D eigenvalue weighted by Crippen LogP contribution is -2.44. The van der Waals surface area contributed by atoms with Crippen molar-refractivity contribution in [2.45, 2.75) is 38.3 Å². The molecule has 0 aromatic carbocycles.